The Hall–Kier alpha value is -1.64. The van der Waals surface area contributed by atoms with Gasteiger partial charge in [0.15, 0.2) is 0 Å². The Morgan fingerprint density at radius 3 is 2.25 bits per heavy atom. The number of benzene rings is 1. The standard InChI is InChI=1S/C27H38ClN3O4S/c28-23-12-2-4-14-25(23)36(34,35)30-16-6-11-22(19-30)26(32)29-15-5-10-21(18-29)27(33)31-17-7-9-20-8-1-3-13-24(20)31/h2,4,12,14,20-22,24H,1,3,5-11,13,15-19H2. The molecule has 3 heterocycles. The van der Waals surface area contributed by atoms with Gasteiger partial charge in [-0.15, -0.1) is 0 Å². The highest BCUT2D eigenvalue weighted by molar-refractivity contribution is 7.89. The molecule has 4 fully saturated rings. The first kappa shape index (κ1) is 26.0. The molecule has 198 valence electrons. The molecule has 2 amide bonds. The van der Waals surface area contributed by atoms with Crippen molar-refractivity contribution in [1.29, 1.82) is 0 Å². The molecule has 1 aromatic carbocycles. The summed E-state index contributed by atoms with van der Waals surface area (Å²) in [6.07, 6.45) is 10.1. The summed E-state index contributed by atoms with van der Waals surface area (Å²) < 4.78 is 27.9. The van der Waals surface area contributed by atoms with Crippen molar-refractivity contribution in [1.82, 2.24) is 14.1 Å². The highest BCUT2D eigenvalue weighted by Crippen LogP contribution is 2.37. The minimum absolute atomic E-state index is 0.0132. The minimum Gasteiger partial charge on any atom is -0.342 e. The average Bonchev–Trinajstić information content (AvgIpc) is 2.92. The number of amides is 2. The smallest absolute Gasteiger partial charge is 0.244 e. The fraction of sp³-hybridized carbons (Fsp3) is 0.704. The number of rotatable bonds is 4. The lowest BCUT2D eigenvalue weighted by molar-refractivity contribution is -0.147. The van der Waals surface area contributed by atoms with Crippen molar-refractivity contribution in [3.8, 4) is 0 Å². The third-order valence-corrected chi connectivity index (χ3v) is 11.2. The maximum absolute atomic E-state index is 13.6. The van der Waals surface area contributed by atoms with E-state index in [4.69, 9.17) is 11.6 Å². The van der Waals surface area contributed by atoms with Gasteiger partial charge in [0, 0.05) is 38.8 Å². The van der Waals surface area contributed by atoms with Gasteiger partial charge in [-0.2, -0.15) is 4.31 Å². The molecule has 0 aromatic heterocycles. The number of piperidine rings is 3. The van der Waals surface area contributed by atoms with Gasteiger partial charge in [0.25, 0.3) is 0 Å². The summed E-state index contributed by atoms with van der Waals surface area (Å²) in [6.45, 7) is 2.50. The minimum atomic E-state index is -3.77. The number of fused-ring (bicyclic) bond motifs is 1. The van der Waals surface area contributed by atoms with Gasteiger partial charge in [-0.3, -0.25) is 9.59 Å². The van der Waals surface area contributed by atoms with Gasteiger partial charge < -0.3 is 9.80 Å². The Morgan fingerprint density at radius 2 is 1.44 bits per heavy atom. The lowest BCUT2D eigenvalue weighted by atomic mass is 9.77. The van der Waals surface area contributed by atoms with E-state index in [1.165, 1.54) is 36.1 Å². The van der Waals surface area contributed by atoms with Gasteiger partial charge in [-0.1, -0.05) is 36.6 Å². The molecule has 4 atom stereocenters. The van der Waals surface area contributed by atoms with Crippen LogP contribution in [-0.2, 0) is 19.6 Å². The number of hydrogen-bond donors (Lipinski definition) is 0. The zero-order valence-electron chi connectivity index (χ0n) is 21.0. The summed E-state index contributed by atoms with van der Waals surface area (Å²) in [5.74, 6) is 0.333. The Bertz CT molecular complexity index is 1080. The van der Waals surface area contributed by atoms with Crippen molar-refractivity contribution < 1.29 is 18.0 Å². The van der Waals surface area contributed by atoms with E-state index in [9.17, 15) is 18.0 Å². The number of carbonyl (C=O) groups excluding carboxylic acids is 2. The second kappa shape index (κ2) is 11.0. The predicted molar refractivity (Wildman–Crippen MR) is 139 cm³/mol. The van der Waals surface area contributed by atoms with E-state index >= 15 is 0 Å². The first-order chi connectivity index (χ1) is 17.4. The van der Waals surface area contributed by atoms with Gasteiger partial charge in [-0.05, 0) is 69.4 Å². The van der Waals surface area contributed by atoms with E-state index in [2.05, 4.69) is 4.90 Å². The van der Waals surface area contributed by atoms with E-state index in [1.807, 2.05) is 4.90 Å². The number of hydrogen-bond acceptors (Lipinski definition) is 4. The molecule has 36 heavy (non-hydrogen) atoms. The molecule has 0 radical (unpaired) electrons. The van der Waals surface area contributed by atoms with E-state index in [0.717, 1.165) is 32.2 Å². The van der Waals surface area contributed by atoms with E-state index in [0.29, 0.717) is 44.4 Å². The van der Waals surface area contributed by atoms with Crippen molar-refractivity contribution in [2.24, 2.45) is 17.8 Å². The molecule has 5 rings (SSSR count). The molecule has 0 N–H and O–H groups in total. The molecular weight excluding hydrogens is 498 g/mol. The van der Waals surface area contributed by atoms with Gasteiger partial charge in [0.1, 0.15) is 4.90 Å². The largest absolute Gasteiger partial charge is 0.342 e. The van der Waals surface area contributed by atoms with Gasteiger partial charge in [0.05, 0.1) is 16.9 Å². The number of carbonyl (C=O) groups is 2. The summed E-state index contributed by atoms with van der Waals surface area (Å²) in [6, 6.07) is 6.84. The van der Waals surface area contributed by atoms with Crippen LogP contribution in [0.1, 0.15) is 64.2 Å². The van der Waals surface area contributed by atoms with Crippen molar-refractivity contribution in [2.75, 3.05) is 32.7 Å². The van der Waals surface area contributed by atoms with Gasteiger partial charge in [-0.25, -0.2) is 8.42 Å². The highest BCUT2D eigenvalue weighted by atomic mass is 35.5. The SMILES string of the molecule is O=C(C1CCCN(S(=O)(=O)c2ccccc2Cl)C1)N1CCCC(C(=O)N2CCCC3CCCCC32)C1. The molecule has 9 heteroatoms. The molecular formula is C27H38ClN3O4S. The van der Waals surface area contributed by atoms with E-state index in [1.54, 1.807) is 18.2 Å². The average molecular weight is 536 g/mol. The summed E-state index contributed by atoms with van der Waals surface area (Å²) >= 11 is 6.18. The van der Waals surface area contributed by atoms with Crippen LogP contribution < -0.4 is 0 Å². The monoisotopic (exact) mass is 535 g/mol. The number of halogens is 1. The zero-order valence-corrected chi connectivity index (χ0v) is 22.6. The lowest BCUT2D eigenvalue weighted by Crippen LogP contribution is -2.55. The molecule has 4 aliphatic rings. The van der Waals surface area contributed by atoms with Crippen LogP contribution in [-0.4, -0.2) is 73.1 Å². The summed E-state index contributed by atoms with van der Waals surface area (Å²) in [5, 5.41) is 0.196. The molecule has 1 saturated carbocycles. The summed E-state index contributed by atoms with van der Waals surface area (Å²) in [4.78, 5) is 31.3. The van der Waals surface area contributed by atoms with Crippen LogP contribution in [0.3, 0.4) is 0 Å². The second-order valence-corrected chi connectivity index (χ2v) is 13.4. The molecule has 1 aromatic rings. The Labute approximate surface area is 220 Å². The van der Waals surface area contributed by atoms with E-state index < -0.39 is 10.0 Å². The van der Waals surface area contributed by atoms with E-state index in [-0.39, 0.29) is 40.1 Å². The molecule has 3 aliphatic heterocycles. The third-order valence-electron chi connectivity index (χ3n) is 8.80. The van der Waals surface area contributed by atoms with Crippen molar-refractivity contribution in [2.45, 2.75) is 75.1 Å². The number of nitrogens with zero attached hydrogens (tertiary/aromatic N) is 3. The first-order valence-corrected chi connectivity index (χ1v) is 15.5. The predicted octanol–water partition coefficient (Wildman–Crippen LogP) is 4.16. The Balaban J connectivity index is 1.24. The van der Waals surface area contributed by atoms with Crippen LogP contribution in [0.2, 0.25) is 5.02 Å². The second-order valence-electron chi connectivity index (χ2n) is 11.0. The molecule has 0 spiro atoms. The first-order valence-electron chi connectivity index (χ1n) is 13.7. The third kappa shape index (κ3) is 5.18. The normalized spacial score (nSPS) is 30.0. The number of likely N-dealkylation sites (tertiary alicyclic amines) is 2. The molecule has 3 saturated heterocycles. The van der Waals surface area contributed by atoms with Crippen LogP contribution in [0.4, 0.5) is 0 Å². The van der Waals surface area contributed by atoms with Crippen LogP contribution in [0.15, 0.2) is 29.2 Å². The fourth-order valence-corrected chi connectivity index (χ4v) is 8.94. The quantitative estimate of drug-likeness (QED) is 0.580. The van der Waals surface area contributed by atoms with Crippen molar-refractivity contribution in [3.63, 3.8) is 0 Å². The Kier molecular flexibility index (Phi) is 7.94. The maximum atomic E-state index is 13.6. The van der Waals surface area contributed by atoms with Crippen LogP contribution >= 0.6 is 11.6 Å². The van der Waals surface area contributed by atoms with Crippen LogP contribution in [0.25, 0.3) is 0 Å². The zero-order chi connectivity index (χ0) is 25.3. The fourth-order valence-electron chi connectivity index (χ4n) is 6.93. The molecule has 0 bridgehead atoms. The molecule has 1 aliphatic carbocycles. The molecule has 4 unspecified atom stereocenters. The van der Waals surface area contributed by atoms with Crippen molar-refractivity contribution in [3.05, 3.63) is 29.3 Å². The number of sulfonamides is 1. The summed E-state index contributed by atoms with van der Waals surface area (Å²) in [7, 11) is -3.77. The summed E-state index contributed by atoms with van der Waals surface area (Å²) in [5.41, 5.74) is 0. The van der Waals surface area contributed by atoms with Crippen molar-refractivity contribution >= 4 is 33.4 Å². The van der Waals surface area contributed by atoms with Crippen LogP contribution in [0.5, 0.6) is 0 Å². The topological polar surface area (TPSA) is 78.0 Å². The lowest BCUT2D eigenvalue weighted by Gasteiger charge is -2.46. The highest BCUT2D eigenvalue weighted by Gasteiger charge is 2.41. The maximum Gasteiger partial charge on any atom is 0.244 e. The molecule has 7 nitrogen and oxygen atoms in total. The van der Waals surface area contributed by atoms with Gasteiger partial charge >= 0.3 is 0 Å². The van der Waals surface area contributed by atoms with Gasteiger partial charge in [0.2, 0.25) is 21.8 Å². The van der Waals surface area contributed by atoms with Crippen LogP contribution in [0, 0.1) is 17.8 Å². The Morgan fingerprint density at radius 1 is 0.778 bits per heavy atom.